The standard InChI is InChI=1S/C23H25F3N6O3S.C2HF3O2/c1-22(2)21(27)31-23(3,12-36(22,33)28-4)14-7-13(5-6-15(14)24)18-8-16(32-35-18)17-9-30-20(10-29-17)34-11-19(25)26;3-2(4,5)1(6)7/h5-10,19H,11-12H2,1-4H3,(H2,27,31);(H,6,7)/t23-,36+;/m0./s1. The van der Waals surface area contributed by atoms with Crippen molar-refractivity contribution in [3.05, 3.63) is 48.0 Å². The Balaban J connectivity index is 0.000000646. The molecule has 234 valence electrons. The fraction of sp³-hybridized carbons (Fsp3) is 0.400. The summed E-state index contributed by atoms with van der Waals surface area (Å²) < 4.78 is 98.4. The number of carboxylic acids is 1. The summed E-state index contributed by atoms with van der Waals surface area (Å²) in [6, 6.07) is 5.91. The maximum absolute atomic E-state index is 15.1. The number of nitrogens with zero attached hydrogens (tertiary/aromatic N) is 5. The van der Waals surface area contributed by atoms with Gasteiger partial charge in [-0.2, -0.15) is 13.2 Å². The van der Waals surface area contributed by atoms with E-state index in [9.17, 15) is 26.2 Å². The average Bonchev–Trinajstić information content (AvgIpc) is 3.41. The Labute approximate surface area is 241 Å². The van der Waals surface area contributed by atoms with Crippen LogP contribution in [0, 0.1) is 5.82 Å². The number of ether oxygens (including phenoxy) is 1. The third kappa shape index (κ3) is 7.23. The van der Waals surface area contributed by atoms with Crippen molar-refractivity contribution in [2.75, 3.05) is 19.4 Å². The largest absolute Gasteiger partial charge is 0.490 e. The highest BCUT2D eigenvalue weighted by molar-refractivity contribution is 7.95. The molecular formula is C25H26F6N6O5S. The number of aliphatic carboxylic acids is 1. The van der Waals surface area contributed by atoms with E-state index in [1.54, 1.807) is 32.9 Å². The van der Waals surface area contributed by atoms with Gasteiger partial charge in [0.2, 0.25) is 5.88 Å². The van der Waals surface area contributed by atoms with Crippen molar-refractivity contribution in [3.63, 3.8) is 0 Å². The van der Waals surface area contributed by atoms with Gasteiger partial charge in [0.1, 0.15) is 33.3 Å². The van der Waals surface area contributed by atoms with E-state index in [4.69, 9.17) is 24.9 Å². The highest BCUT2D eigenvalue weighted by Gasteiger charge is 2.47. The van der Waals surface area contributed by atoms with Crippen molar-refractivity contribution in [1.29, 1.82) is 0 Å². The summed E-state index contributed by atoms with van der Waals surface area (Å²) >= 11 is 0. The Morgan fingerprint density at radius 3 is 2.37 bits per heavy atom. The maximum Gasteiger partial charge on any atom is 0.490 e. The first-order chi connectivity index (χ1) is 19.8. The number of benzene rings is 1. The van der Waals surface area contributed by atoms with Crippen LogP contribution in [0.15, 0.2) is 50.5 Å². The summed E-state index contributed by atoms with van der Waals surface area (Å²) in [5.74, 6) is -2.92. The summed E-state index contributed by atoms with van der Waals surface area (Å²) in [4.78, 5) is 21.5. The Kier molecular flexibility index (Phi) is 9.43. The molecule has 0 spiro atoms. The second kappa shape index (κ2) is 12.2. The van der Waals surface area contributed by atoms with E-state index in [1.807, 2.05) is 0 Å². The van der Waals surface area contributed by atoms with E-state index >= 15 is 4.39 Å². The van der Waals surface area contributed by atoms with Crippen LogP contribution < -0.4 is 10.5 Å². The zero-order valence-electron chi connectivity index (χ0n) is 23.0. The summed E-state index contributed by atoms with van der Waals surface area (Å²) in [6.07, 6.45) is -5.20. The van der Waals surface area contributed by atoms with Gasteiger partial charge in [-0.3, -0.25) is 4.99 Å². The van der Waals surface area contributed by atoms with Gasteiger partial charge in [-0.1, -0.05) is 5.16 Å². The van der Waals surface area contributed by atoms with Crippen molar-refractivity contribution in [1.82, 2.24) is 15.1 Å². The molecule has 0 radical (unpaired) electrons. The van der Waals surface area contributed by atoms with Crippen molar-refractivity contribution in [2.24, 2.45) is 15.1 Å². The SMILES string of the molecule is CN=[S@@]1(=O)C[C@@](C)(c2cc(-c3cc(-c4cnc(OCC(F)F)cn4)no3)ccc2F)N=C(N)C1(C)C.O=C(O)C(F)(F)F. The van der Waals surface area contributed by atoms with E-state index in [0.29, 0.717) is 22.7 Å². The molecule has 3 heterocycles. The first kappa shape index (κ1) is 33.3. The van der Waals surface area contributed by atoms with Gasteiger partial charge in [0.15, 0.2) is 12.4 Å². The predicted molar refractivity (Wildman–Crippen MR) is 143 cm³/mol. The Hall–Kier alpha value is -4.22. The summed E-state index contributed by atoms with van der Waals surface area (Å²) in [6.45, 7) is 4.30. The Bertz CT molecular complexity index is 1630. The highest BCUT2D eigenvalue weighted by Crippen LogP contribution is 2.40. The maximum atomic E-state index is 15.1. The number of hydrogen-bond donors (Lipinski definition) is 2. The van der Waals surface area contributed by atoms with Crippen LogP contribution in [0.2, 0.25) is 0 Å². The normalized spacial score (nSPS) is 21.4. The molecule has 2 aromatic heterocycles. The van der Waals surface area contributed by atoms with Crippen LogP contribution in [0.25, 0.3) is 22.7 Å². The molecule has 4 rings (SSSR count). The first-order valence-corrected chi connectivity index (χ1v) is 13.8. The molecule has 3 N–H and O–H groups in total. The van der Waals surface area contributed by atoms with Gasteiger partial charge in [-0.25, -0.2) is 36.5 Å². The van der Waals surface area contributed by atoms with Gasteiger partial charge in [0.25, 0.3) is 6.43 Å². The van der Waals surface area contributed by atoms with Gasteiger partial charge in [-0.05, 0) is 39.0 Å². The third-order valence-electron chi connectivity index (χ3n) is 6.38. The molecule has 0 saturated heterocycles. The minimum atomic E-state index is -5.08. The number of carboxylic acid groups (broad SMARTS) is 1. The van der Waals surface area contributed by atoms with E-state index < -0.39 is 51.0 Å². The number of rotatable bonds is 6. The summed E-state index contributed by atoms with van der Waals surface area (Å²) in [5, 5.41) is 11.1. The number of nitrogens with two attached hydrogens (primary N) is 1. The molecule has 0 saturated carbocycles. The van der Waals surface area contributed by atoms with Crippen LogP contribution in [-0.4, -0.2) is 73.0 Å². The fourth-order valence-electron chi connectivity index (χ4n) is 3.88. The lowest BCUT2D eigenvalue weighted by Gasteiger charge is -2.40. The number of aliphatic imine (C=N–C) groups is 1. The molecule has 18 heteroatoms. The smallest absolute Gasteiger partial charge is 0.475 e. The number of amidine groups is 1. The molecule has 11 nitrogen and oxygen atoms in total. The van der Waals surface area contributed by atoms with Crippen LogP contribution in [0.3, 0.4) is 0 Å². The molecule has 0 amide bonds. The molecule has 3 aromatic rings. The first-order valence-electron chi connectivity index (χ1n) is 12.1. The molecule has 2 atom stereocenters. The number of halogens is 6. The van der Waals surface area contributed by atoms with Gasteiger partial charge in [0, 0.05) is 24.2 Å². The molecule has 0 fully saturated rings. The van der Waals surface area contributed by atoms with Crippen LogP contribution in [-0.2, 0) is 20.1 Å². The molecule has 1 aliphatic rings. The number of carbonyl (C=O) groups is 1. The Morgan fingerprint density at radius 2 is 1.84 bits per heavy atom. The summed E-state index contributed by atoms with van der Waals surface area (Å²) in [7, 11) is -1.39. The van der Waals surface area contributed by atoms with Crippen LogP contribution in [0.5, 0.6) is 5.88 Å². The predicted octanol–water partition coefficient (Wildman–Crippen LogP) is 4.68. The lowest BCUT2D eigenvalue weighted by atomic mass is 9.91. The molecule has 0 aliphatic carbocycles. The highest BCUT2D eigenvalue weighted by atomic mass is 32.2. The van der Waals surface area contributed by atoms with Crippen molar-refractivity contribution in [2.45, 2.75) is 43.7 Å². The molecule has 1 aliphatic heterocycles. The monoisotopic (exact) mass is 636 g/mol. The minimum absolute atomic E-state index is 0.0121. The number of aromatic nitrogens is 3. The minimum Gasteiger partial charge on any atom is -0.475 e. The molecule has 43 heavy (non-hydrogen) atoms. The molecule has 0 unspecified atom stereocenters. The number of alkyl halides is 5. The molecular weight excluding hydrogens is 610 g/mol. The lowest BCUT2D eigenvalue weighted by Crippen LogP contribution is -2.54. The third-order valence-corrected chi connectivity index (χ3v) is 9.73. The van der Waals surface area contributed by atoms with E-state index in [0.717, 1.165) is 0 Å². The zero-order chi connectivity index (χ0) is 32.4. The number of hydrogen-bond acceptors (Lipinski definition) is 10. The van der Waals surface area contributed by atoms with Gasteiger partial charge < -0.3 is 20.1 Å². The van der Waals surface area contributed by atoms with E-state index in [-0.39, 0.29) is 23.0 Å². The van der Waals surface area contributed by atoms with Crippen molar-refractivity contribution in [3.8, 4) is 28.6 Å². The van der Waals surface area contributed by atoms with Crippen LogP contribution in [0.1, 0.15) is 26.3 Å². The topological polar surface area (TPSA) is 166 Å². The van der Waals surface area contributed by atoms with Gasteiger partial charge in [0.05, 0.1) is 27.9 Å². The molecule has 1 aromatic carbocycles. The quantitative estimate of drug-likeness (QED) is 0.366. The van der Waals surface area contributed by atoms with Crippen molar-refractivity contribution < 1.29 is 49.7 Å². The van der Waals surface area contributed by atoms with Gasteiger partial charge in [-0.15, -0.1) is 0 Å². The summed E-state index contributed by atoms with van der Waals surface area (Å²) in [5.41, 5.74) is 6.29. The van der Waals surface area contributed by atoms with Gasteiger partial charge >= 0.3 is 12.1 Å². The zero-order valence-corrected chi connectivity index (χ0v) is 23.8. The average molecular weight is 637 g/mol. The molecule has 0 bridgehead atoms. The van der Waals surface area contributed by atoms with Crippen LogP contribution in [0.4, 0.5) is 26.3 Å². The second-order valence-corrected chi connectivity index (χ2v) is 12.7. The van der Waals surface area contributed by atoms with E-state index in [1.165, 1.54) is 31.6 Å². The Morgan fingerprint density at radius 1 is 1.19 bits per heavy atom. The van der Waals surface area contributed by atoms with E-state index in [2.05, 4.69) is 24.5 Å². The lowest BCUT2D eigenvalue weighted by molar-refractivity contribution is -0.192. The van der Waals surface area contributed by atoms with Crippen LogP contribution >= 0.6 is 0 Å². The fourth-order valence-corrected chi connectivity index (χ4v) is 6.18. The second-order valence-electron chi connectivity index (χ2n) is 9.76. The van der Waals surface area contributed by atoms with Crippen molar-refractivity contribution >= 4 is 21.5 Å².